The number of thioether (sulfide) groups is 1. The van der Waals surface area contributed by atoms with E-state index in [0.29, 0.717) is 18.4 Å². The third kappa shape index (κ3) is 5.49. The summed E-state index contributed by atoms with van der Waals surface area (Å²) in [6.45, 7) is 7.10. The van der Waals surface area contributed by atoms with Gasteiger partial charge in [-0.2, -0.15) is 0 Å². The molecule has 7 nitrogen and oxygen atoms in total. The Hall–Kier alpha value is -2.84. The molecule has 0 bridgehead atoms. The molecule has 0 aliphatic carbocycles. The monoisotopic (exact) mass is 451 g/mol. The number of anilines is 2. The number of nitrogens with zero attached hydrogens (tertiary/aromatic N) is 4. The van der Waals surface area contributed by atoms with Gasteiger partial charge in [0.05, 0.1) is 24.7 Å². The largest absolute Gasteiger partial charge is 0.378 e. The third-order valence-corrected chi connectivity index (χ3v) is 6.21. The second-order valence-electron chi connectivity index (χ2n) is 7.84. The Morgan fingerprint density at radius 2 is 1.91 bits per heavy atom. The zero-order valence-corrected chi connectivity index (χ0v) is 19.4. The molecule has 2 aromatic carbocycles. The molecule has 1 saturated heterocycles. The van der Waals surface area contributed by atoms with Crippen LogP contribution in [0.1, 0.15) is 24.5 Å². The molecule has 168 valence electrons. The summed E-state index contributed by atoms with van der Waals surface area (Å²) < 4.78 is 7.53. The Labute approximate surface area is 193 Å². The molecule has 0 spiro atoms. The minimum Gasteiger partial charge on any atom is -0.378 e. The molecule has 0 atom stereocenters. The molecule has 1 fully saturated rings. The number of rotatable bonds is 8. The topological polar surface area (TPSA) is 72.3 Å². The van der Waals surface area contributed by atoms with Gasteiger partial charge in [-0.15, -0.1) is 10.2 Å². The summed E-state index contributed by atoms with van der Waals surface area (Å²) in [5.41, 5.74) is 4.24. The summed E-state index contributed by atoms with van der Waals surface area (Å²) in [6.07, 6.45) is 2.15. The van der Waals surface area contributed by atoms with Crippen molar-refractivity contribution in [3.8, 4) is 5.69 Å². The number of morpholine rings is 1. The van der Waals surface area contributed by atoms with Crippen LogP contribution in [0.4, 0.5) is 11.6 Å². The van der Waals surface area contributed by atoms with Crippen LogP contribution in [0.2, 0.25) is 0 Å². The van der Waals surface area contributed by atoms with E-state index in [2.05, 4.69) is 58.5 Å². The highest BCUT2D eigenvalue weighted by Crippen LogP contribution is 2.28. The average Bonchev–Trinajstić information content (AvgIpc) is 3.24. The molecule has 3 aromatic rings. The minimum atomic E-state index is -0.0649. The highest BCUT2D eigenvalue weighted by molar-refractivity contribution is 7.99. The maximum absolute atomic E-state index is 12.6. The van der Waals surface area contributed by atoms with Gasteiger partial charge >= 0.3 is 0 Å². The van der Waals surface area contributed by atoms with Gasteiger partial charge in [0.1, 0.15) is 0 Å². The Morgan fingerprint density at radius 3 is 2.62 bits per heavy atom. The number of aryl methyl sites for hydroxylation is 2. The van der Waals surface area contributed by atoms with Crippen molar-refractivity contribution in [2.24, 2.45) is 0 Å². The van der Waals surface area contributed by atoms with Gasteiger partial charge in [-0.3, -0.25) is 9.36 Å². The molecule has 0 saturated carbocycles. The van der Waals surface area contributed by atoms with Crippen molar-refractivity contribution in [2.45, 2.75) is 31.8 Å². The van der Waals surface area contributed by atoms with Crippen LogP contribution in [0.25, 0.3) is 5.69 Å². The summed E-state index contributed by atoms with van der Waals surface area (Å²) in [4.78, 5) is 14.8. The van der Waals surface area contributed by atoms with Crippen LogP contribution in [0.5, 0.6) is 0 Å². The number of carbonyl (C=O) groups is 1. The lowest BCUT2D eigenvalue weighted by molar-refractivity contribution is -0.113. The SMILES string of the molecule is CCCc1ccc(NC(=O)CSc2nnc(N3CCOCC3)n2-c2cccc(C)c2)cc1. The van der Waals surface area contributed by atoms with E-state index in [1.807, 2.05) is 28.8 Å². The number of hydrogen-bond acceptors (Lipinski definition) is 6. The number of amides is 1. The van der Waals surface area contributed by atoms with Gasteiger partial charge in [-0.25, -0.2) is 0 Å². The number of ether oxygens (including phenoxy) is 1. The normalized spacial score (nSPS) is 13.9. The lowest BCUT2D eigenvalue weighted by Gasteiger charge is -2.28. The molecule has 1 aromatic heterocycles. The van der Waals surface area contributed by atoms with Crippen molar-refractivity contribution >= 4 is 29.3 Å². The summed E-state index contributed by atoms with van der Waals surface area (Å²) in [6, 6.07) is 16.3. The lowest BCUT2D eigenvalue weighted by atomic mass is 10.1. The van der Waals surface area contributed by atoms with Crippen LogP contribution >= 0.6 is 11.8 Å². The number of carbonyl (C=O) groups excluding carboxylic acids is 1. The fourth-order valence-electron chi connectivity index (χ4n) is 3.69. The van der Waals surface area contributed by atoms with E-state index in [0.717, 1.165) is 48.8 Å². The summed E-state index contributed by atoms with van der Waals surface area (Å²) >= 11 is 1.39. The molecular formula is C24H29N5O2S. The molecular weight excluding hydrogens is 422 g/mol. The average molecular weight is 452 g/mol. The van der Waals surface area contributed by atoms with Gasteiger partial charge in [0.15, 0.2) is 5.16 Å². The standard InChI is InChI=1S/C24H29N5O2S/c1-3-5-19-8-10-20(11-9-19)25-22(30)17-32-24-27-26-23(28-12-14-31-15-13-28)29(24)21-7-4-6-18(2)16-21/h4,6-11,16H,3,5,12-15,17H2,1-2H3,(H,25,30). The van der Waals surface area contributed by atoms with Gasteiger partial charge in [0.25, 0.3) is 0 Å². The van der Waals surface area contributed by atoms with E-state index in [4.69, 9.17) is 4.74 Å². The molecule has 2 heterocycles. The van der Waals surface area contributed by atoms with Crippen LogP contribution in [0.3, 0.4) is 0 Å². The number of aromatic nitrogens is 3. The zero-order valence-electron chi connectivity index (χ0n) is 18.6. The molecule has 1 aliphatic rings. The summed E-state index contributed by atoms with van der Waals surface area (Å²) in [5.74, 6) is 0.974. The van der Waals surface area contributed by atoms with Gasteiger partial charge in [-0.05, 0) is 48.7 Å². The first-order chi connectivity index (χ1) is 15.6. The van der Waals surface area contributed by atoms with E-state index in [9.17, 15) is 4.79 Å². The molecule has 32 heavy (non-hydrogen) atoms. The maximum Gasteiger partial charge on any atom is 0.234 e. The molecule has 4 rings (SSSR count). The number of hydrogen-bond donors (Lipinski definition) is 1. The highest BCUT2D eigenvalue weighted by atomic mass is 32.2. The molecule has 0 unspecified atom stereocenters. The van der Waals surface area contributed by atoms with Crippen molar-refractivity contribution in [3.63, 3.8) is 0 Å². The number of nitrogens with one attached hydrogen (secondary N) is 1. The van der Waals surface area contributed by atoms with E-state index in [1.165, 1.54) is 17.3 Å². The van der Waals surface area contributed by atoms with Gasteiger partial charge in [0.2, 0.25) is 11.9 Å². The summed E-state index contributed by atoms with van der Waals surface area (Å²) in [7, 11) is 0. The second-order valence-corrected chi connectivity index (χ2v) is 8.78. The van der Waals surface area contributed by atoms with Gasteiger partial charge in [-0.1, -0.05) is 49.4 Å². The Kier molecular flexibility index (Phi) is 7.44. The number of benzene rings is 2. The van der Waals surface area contributed by atoms with Gasteiger partial charge in [0, 0.05) is 18.8 Å². The first-order valence-corrected chi connectivity index (χ1v) is 12.0. The van der Waals surface area contributed by atoms with Crippen molar-refractivity contribution in [3.05, 3.63) is 59.7 Å². The van der Waals surface area contributed by atoms with E-state index in [1.54, 1.807) is 0 Å². The fraction of sp³-hybridized carbons (Fsp3) is 0.375. The van der Waals surface area contributed by atoms with Crippen LogP contribution in [-0.2, 0) is 16.0 Å². The van der Waals surface area contributed by atoms with E-state index >= 15 is 0 Å². The van der Waals surface area contributed by atoms with Crippen LogP contribution < -0.4 is 10.2 Å². The van der Waals surface area contributed by atoms with Crippen molar-refractivity contribution < 1.29 is 9.53 Å². The molecule has 8 heteroatoms. The van der Waals surface area contributed by atoms with Crippen molar-refractivity contribution in [1.82, 2.24) is 14.8 Å². The quantitative estimate of drug-likeness (QED) is 0.520. The Morgan fingerprint density at radius 1 is 1.12 bits per heavy atom. The maximum atomic E-state index is 12.6. The Balaban J connectivity index is 1.49. The smallest absolute Gasteiger partial charge is 0.234 e. The third-order valence-electron chi connectivity index (χ3n) is 5.28. The van der Waals surface area contributed by atoms with E-state index in [-0.39, 0.29) is 11.7 Å². The molecule has 1 N–H and O–H groups in total. The van der Waals surface area contributed by atoms with Crippen LogP contribution in [-0.4, -0.2) is 52.7 Å². The zero-order chi connectivity index (χ0) is 22.3. The van der Waals surface area contributed by atoms with Crippen molar-refractivity contribution in [1.29, 1.82) is 0 Å². The van der Waals surface area contributed by atoms with Gasteiger partial charge < -0.3 is 15.0 Å². The van der Waals surface area contributed by atoms with E-state index < -0.39 is 0 Å². The summed E-state index contributed by atoms with van der Waals surface area (Å²) in [5, 5.41) is 12.6. The first-order valence-electron chi connectivity index (χ1n) is 11.0. The first kappa shape index (κ1) is 22.4. The lowest BCUT2D eigenvalue weighted by Crippen LogP contribution is -2.37. The second kappa shape index (κ2) is 10.7. The highest BCUT2D eigenvalue weighted by Gasteiger charge is 2.22. The molecule has 0 radical (unpaired) electrons. The van der Waals surface area contributed by atoms with Crippen LogP contribution in [0.15, 0.2) is 53.7 Å². The molecule has 1 aliphatic heterocycles. The Bertz CT molecular complexity index is 1040. The minimum absolute atomic E-state index is 0.0649. The predicted octanol–water partition coefficient (Wildman–Crippen LogP) is 4.10. The van der Waals surface area contributed by atoms with Crippen molar-refractivity contribution in [2.75, 3.05) is 42.3 Å². The fourth-order valence-corrected chi connectivity index (χ4v) is 4.43. The molecule has 1 amide bonds. The van der Waals surface area contributed by atoms with Crippen LogP contribution in [0, 0.1) is 6.92 Å². The predicted molar refractivity (Wildman–Crippen MR) is 129 cm³/mol.